The largest absolute Gasteiger partial charge is 0.480 e. The van der Waals surface area contributed by atoms with Gasteiger partial charge in [0.05, 0.1) is 11.9 Å². The highest BCUT2D eigenvalue weighted by atomic mass is 16.4. The van der Waals surface area contributed by atoms with Crippen LogP contribution in [0.4, 0.5) is 10.5 Å². The highest BCUT2D eigenvalue weighted by molar-refractivity contribution is 5.88. The summed E-state index contributed by atoms with van der Waals surface area (Å²) >= 11 is 0. The summed E-state index contributed by atoms with van der Waals surface area (Å²) in [5.74, 6) is -0.995. The molecular formula is C12H16N6O3. The average Bonchev–Trinajstić information content (AvgIpc) is 2.99. The number of hydrogen-bond donors (Lipinski definition) is 3. The fourth-order valence-corrected chi connectivity index (χ4v) is 1.78. The molecule has 0 aromatic carbocycles. The number of rotatable bonds is 6. The maximum absolute atomic E-state index is 11.7. The third kappa shape index (κ3) is 4.34. The predicted molar refractivity (Wildman–Crippen MR) is 73.8 cm³/mol. The van der Waals surface area contributed by atoms with Crippen LogP contribution in [0.5, 0.6) is 0 Å². The number of urea groups is 1. The number of amides is 2. The molecule has 0 bridgehead atoms. The lowest BCUT2D eigenvalue weighted by molar-refractivity contribution is -0.137. The van der Waals surface area contributed by atoms with E-state index in [2.05, 4.69) is 20.8 Å². The number of nitrogens with zero attached hydrogens (tertiary/aromatic N) is 4. The van der Waals surface area contributed by atoms with Crippen molar-refractivity contribution in [2.45, 2.75) is 13.0 Å². The standard InChI is InChI=1S/C12H16N6O3/c1-17-10(3-5-14-17)2-4-13-12(21)16-9-6-15-18(7-9)8-11(19)20/h3,5-7H,2,4,8H2,1H3,(H,19,20)(H2,13,16,21). The number of hydrogen-bond acceptors (Lipinski definition) is 4. The Labute approximate surface area is 120 Å². The number of carbonyl (C=O) groups is 2. The van der Waals surface area contributed by atoms with Crippen molar-refractivity contribution in [1.82, 2.24) is 24.9 Å². The van der Waals surface area contributed by atoms with E-state index in [4.69, 9.17) is 5.11 Å². The number of anilines is 1. The molecule has 112 valence electrons. The first-order valence-corrected chi connectivity index (χ1v) is 6.30. The van der Waals surface area contributed by atoms with E-state index in [1.54, 1.807) is 10.9 Å². The van der Waals surface area contributed by atoms with Gasteiger partial charge >= 0.3 is 12.0 Å². The summed E-state index contributed by atoms with van der Waals surface area (Å²) in [6, 6.07) is 1.52. The second-order valence-corrected chi connectivity index (χ2v) is 4.40. The highest BCUT2D eigenvalue weighted by Crippen LogP contribution is 2.04. The molecule has 0 spiro atoms. The first-order chi connectivity index (χ1) is 10.0. The Hall–Kier alpha value is -2.84. The molecule has 0 saturated carbocycles. The molecule has 0 fully saturated rings. The predicted octanol–water partition coefficient (Wildman–Crippen LogP) is 0.0654. The van der Waals surface area contributed by atoms with Gasteiger partial charge in [0.15, 0.2) is 0 Å². The van der Waals surface area contributed by atoms with Crippen molar-refractivity contribution in [2.24, 2.45) is 7.05 Å². The summed E-state index contributed by atoms with van der Waals surface area (Å²) in [7, 11) is 1.84. The molecule has 0 atom stereocenters. The van der Waals surface area contributed by atoms with Gasteiger partial charge in [-0.05, 0) is 6.07 Å². The van der Waals surface area contributed by atoms with E-state index >= 15 is 0 Å². The van der Waals surface area contributed by atoms with Gasteiger partial charge in [0, 0.05) is 38.1 Å². The Balaban J connectivity index is 1.75. The van der Waals surface area contributed by atoms with E-state index in [0.29, 0.717) is 18.7 Å². The zero-order valence-corrected chi connectivity index (χ0v) is 11.5. The van der Waals surface area contributed by atoms with E-state index in [-0.39, 0.29) is 12.6 Å². The lowest BCUT2D eigenvalue weighted by Crippen LogP contribution is -2.30. The minimum Gasteiger partial charge on any atom is -0.480 e. The topological polar surface area (TPSA) is 114 Å². The van der Waals surface area contributed by atoms with Gasteiger partial charge in [-0.3, -0.25) is 14.2 Å². The van der Waals surface area contributed by atoms with Crippen LogP contribution in [0.2, 0.25) is 0 Å². The van der Waals surface area contributed by atoms with Crippen LogP contribution in [-0.4, -0.2) is 43.2 Å². The maximum atomic E-state index is 11.7. The second-order valence-electron chi connectivity index (χ2n) is 4.40. The van der Waals surface area contributed by atoms with Gasteiger partial charge in [-0.2, -0.15) is 10.2 Å². The summed E-state index contributed by atoms with van der Waals surface area (Å²) in [6.45, 7) is 0.221. The van der Waals surface area contributed by atoms with Gasteiger partial charge in [-0.15, -0.1) is 0 Å². The molecule has 0 aliphatic rings. The number of carbonyl (C=O) groups excluding carboxylic acids is 1. The number of nitrogens with one attached hydrogen (secondary N) is 2. The van der Waals surface area contributed by atoms with Crippen LogP contribution in [0.15, 0.2) is 24.7 Å². The van der Waals surface area contributed by atoms with Crippen LogP contribution in [0.1, 0.15) is 5.69 Å². The molecular weight excluding hydrogens is 276 g/mol. The molecule has 0 unspecified atom stereocenters. The van der Waals surface area contributed by atoms with Crippen LogP contribution >= 0.6 is 0 Å². The molecule has 21 heavy (non-hydrogen) atoms. The maximum Gasteiger partial charge on any atom is 0.325 e. The Morgan fingerprint density at radius 1 is 1.38 bits per heavy atom. The van der Waals surface area contributed by atoms with E-state index < -0.39 is 5.97 Å². The number of aromatic nitrogens is 4. The number of carboxylic acid groups (broad SMARTS) is 1. The van der Waals surface area contributed by atoms with Crippen molar-refractivity contribution in [1.29, 1.82) is 0 Å². The molecule has 2 aromatic rings. The van der Waals surface area contributed by atoms with Crippen molar-refractivity contribution in [3.8, 4) is 0 Å². The minimum absolute atomic E-state index is 0.246. The van der Waals surface area contributed by atoms with Gasteiger partial charge in [0.25, 0.3) is 0 Å². The first-order valence-electron chi connectivity index (χ1n) is 6.30. The molecule has 3 N–H and O–H groups in total. The number of aryl methyl sites for hydroxylation is 1. The second kappa shape index (κ2) is 6.55. The van der Waals surface area contributed by atoms with Crippen molar-refractivity contribution in [2.75, 3.05) is 11.9 Å². The molecule has 9 nitrogen and oxygen atoms in total. The van der Waals surface area contributed by atoms with Gasteiger partial charge in [-0.25, -0.2) is 4.79 Å². The quantitative estimate of drug-likeness (QED) is 0.697. The fraction of sp³-hybridized carbons (Fsp3) is 0.333. The van der Waals surface area contributed by atoms with Crippen molar-refractivity contribution in [3.05, 3.63) is 30.4 Å². The first kappa shape index (κ1) is 14.6. The molecule has 2 amide bonds. The molecule has 0 aliphatic heterocycles. The highest BCUT2D eigenvalue weighted by Gasteiger charge is 2.06. The molecule has 0 radical (unpaired) electrons. The van der Waals surface area contributed by atoms with Gasteiger partial charge in [0.2, 0.25) is 0 Å². The van der Waals surface area contributed by atoms with Crippen LogP contribution < -0.4 is 10.6 Å². The molecule has 2 heterocycles. The zero-order chi connectivity index (χ0) is 15.2. The molecule has 0 aliphatic carbocycles. The van der Waals surface area contributed by atoms with E-state index in [0.717, 1.165) is 5.69 Å². The Bertz CT molecular complexity index is 632. The summed E-state index contributed by atoms with van der Waals surface area (Å²) in [6.07, 6.45) is 5.22. The summed E-state index contributed by atoms with van der Waals surface area (Å²) < 4.78 is 2.98. The smallest absolute Gasteiger partial charge is 0.325 e. The number of aliphatic carboxylic acids is 1. The zero-order valence-electron chi connectivity index (χ0n) is 11.5. The van der Waals surface area contributed by atoms with Crippen molar-refractivity contribution < 1.29 is 14.7 Å². The number of carboxylic acids is 1. The lowest BCUT2D eigenvalue weighted by Gasteiger charge is -2.06. The van der Waals surface area contributed by atoms with Gasteiger partial charge in [0.1, 0.15) is 6.54 Å². The third-order valence-electron chi connectivity index (χ3n) is 2.78. The molecule has 2 aromatic heterocycles. The van der Waals surface area contributed by atoms with E-state index in [9.17, 15) is 9.59 Å². The summed E-state index contributed by atoms with van der Waals surface area (Å²) in [5, 5.41) is 21.8. The van der Waals surface area contributed by atoms with Crippen LogP contribution in [0.25, 0.3) is 0 Å². The molecule has 0 saturated heterocycles. The molecule has 9 heteroatoms. The minimum atomic E-state index is -0.995. The normalized spacial score (nSPS) is 10.3. The van der Waals surface area contributed by atoms with E-state index in [1.165, 1.54) is 17.1 Å². The van der Waals surface area contributed by atoms with E-state index in [1.807, 2.05) is 13.1 Å². The van der Waals surface area contributed by atoms with Crippen LogP contribution in [0, 0.1) is 0 Å². The summed E-state index contributed by atoms with van der Waals surface area (Å²) in [4.78, 5) is 22.2. The van der Waals surface area contributed by atoms with Crippen molar-refractivity contribution >= 4 is 17.7 Å². The van der Waals surface area contributed by atoms with Gasteiger partial charge < -0.3 is 15.7 Å². The Morgan fingerprint density at radius 3 is 2.86 bits per heavy atom. The Kier molecular flexibility index (Phi) is 4.54. The SMILES string of the molecule is Cn1nccc1CCNC(=O)Nc1cnn(CC(=O)O)c1. The third-order valence-corrected chi connectivity index (χ3v) is 2.78. The fourth-order valence-electron chi connectivity index (χ4n) is 1.78. The lowest BCUT2D eigenvalue weighted by atomic mass is 10.3. The Morgan fingerprint density at radius 2 is 2.19 bits per heavy atom. The monoisotopic (exact) mass is 292 g/mol. The van der Waals surface area contributed by atoms with Crippen LogP contribution in [-0.2, 0) is 24.8 Å². The van der Waals surface area contributed by atoms with Gasteiger partial charge in [-0.1, -0.05) is 0 Å². The average molecular weight is 292 g/mol. The van der Waals surface area contributed by atoms with Crippen LogP contribution in [0.3, 0.4) is 0 Å². The molecule has 2 rings (SSSR count). The van der Waals surface area contributed by atoms with Crippen molar-refractivity contribution in [3.63, 3.8) is 0 Å². The summed E-state index contributed by atoms with van der Waals surface area (Å²) in [5.41, 5.74) is 1.46.